The van der Waals surface area contributed by atoms with Crippen LogP contribution in [0.5, 0.6) is 0 Å². The fraction of sp³-hybridized carbons (Fsp3) is 0.273. The molecular formula is C11H14N4O. The molecule has 5 heteroatoms. The Morgan fingerprint density at radius 3 is 3.12 bits per heavy atom. The number of nitrogens with zero attached hydrogens (tertiary/aromatic N) is 2. The molecule has 0 aromatic carbocycles. The summed E-state index contributed by atoms with van der Waals surface area (Å²) < 4.78 is 1.84. The summed E-state index contributed by atoms with van der Waals surface area (Å²) in [4.78, 5) is 15.9. The predicted molar refractivity (Wildman–Crippen MR) is 61.3 cm³/mol. The van der Waals surface area contributed by atoms with Gasteiger partial charge in [-0.2, -0.15) is 0 Å². The summed E-state index contributed by atoms with van der Waals surface area (Å²) in [7, 11) is 0. The monoisotopic (exact) mass is 218 g/mol. The lowest BCUT2D eigenvalue weighted by Crippen LogP contribution is -2.29. The molecule has 0 aliphatic rings. The highest BCUT2D eigenvalue weighted by Crippen LogP contribution is 2.09. The molecule has 0 atom stereocenters. The number of aromatic nitrogens is 2. The first-order valence-corrected chi connectivity index (χ1v) is 5.15. The molecule has 0 saturated carbocycles. The third-order valence-electron chi connectivity index (χ3n) is 2.34. The number of amides is 1. The Kier molecular flexibility index (Phi) is 2.87. The van der Waals surface area contributed by atoms with Crippen molar-refractivity contribution in [3.63, 3.8) is 0 Å². The van der Waals surface area contributed by atoms with Crippen LogP contribution in [0.1, 0.15) is 16.1 Å². The van der Waals surface area contributed by atoms with Crippen LogP contribution in [0.4, 0.5) is 0 Å². The number of carbonyl (C=O) groups is 1. The quantitative estimate of drug-likeness (QED) is 0.779. The largest absolute Gasteiger partial charge is 0.349 e. The molecule has 0 saturated heterocycles. The van der Waals surface area contributed by atoms with Crippen molar-refractivity contribution in [1.29, 1.82) is 0 Å². The number of rotatable bonds is 3. The van der Waals surface area contributed by atoms with Crippen molar-refractivity contribution in [2.45, 2.75) is 6.92 Å². The molecule has 0 aliphatic carbocycles. The number of hydrogen-bond acceptors (Lipinski definition) is 3. The normalized spacial score (nSPS) is 10.6. The molecule has 2 rings (SSSR count). The average Bonchev–Trinajstić information content (AvgIpc) is 2.71. The van der Waals surface area contributed by atoms with Crippen LogP contribution >= 0.6 is 0 Å². The summed E-state index contributed by atoms with van der Waals surface area (Å²) in [6.07, 6.45) is 3.59. The van der Waals surface area contributed by atoms with Gasteiger partial charge in [-0.3, -0.25) is 4.79 Å². The van der Waals surface area contributed by atoms with Crippen LogP contribution in [0.25, 0.3) is 5.65 Å². The van der Waals surface area contributed by atoms with E-state index in [1.54, 1.807) is 6.20 Å². The third kappa shape index (κ3) is 1.90. The first kappa shape index (κ1) is 10.6. The minimum atomic E-state index is -0.187. The zero-order valence-electron chi connectivity index (χ0n) is 9.10. The van der Waals surface area contributed by atoms with Gasteiger partial charge in [0.1, 0.15) is 11.3 Å². The molecule has 2 aromatic heterocycles. The van der Waals surface area contributed by atoms with Gasteiger partial charge >= 0.3 is 0 Å². The van der Waals surface area contributed by atoms with Crippen LogP contribution in [0.3, 0.4) is 0 Å². The van der Waals surface area contributed by atoms with Crippen LogP contribution in [0, 0.1) is 6.92 Å². The molecule has 84 valence electrons. The minimum Gasteiger partial charge on any atom is -0.349 e. The van der Waals surface area contributed by atoms with E-state index in [2.05, 4.69) is 10.3 Å². The Labute approximate surface area is 93.3 Å². The number of imidazole rings is 1. The van der Waals surface area contributed by atoms with Crippen LogP contribution in [0.2, 0.25) is 0 Å². The van der Waals surface area contributed by atoms with Crippen molar-refractivity contribution in [2.75, 3.05) is 13.1 Å². The van der Waals surface area contributed by atoms with Gasteiger partial charge in [-0.25, -0.2) is 4.98 Å². The maximum Gasteiger partial charge on any atom is 0.271 e. The molecule has 2 aromatic rings. The van der Waals surface area contributed by atoms with E-state index in [1.165, 1.54) is 0 Å². The van der Waals surface area contributed by atoms with Gasteiger partial charge in [-0.1, -0.05) is 6.07 Å². The molecule has 0 spiro atoms. The van der Waals surface area contributed by atoms with Crippen molar-refractivity contribution < 1.29 is 4.79 Å². The van der Waals surface area contributed by atoms with E-state index >= 15 is 0 Å². The summed E-state index contributed by atoms with van der Waals surface area (Å²) in [6.45, 7) is 2.85. The zero-order valence-corrected chi connectivity index (χ0v) is 9.10. The standard InChI is InChI=1S/C11H14N4O/c1-8-3-2-6-15-7-9(14-10(8)15)11(16)13-5-4-12/h2-3,6-7H,4-5,12H2,1H3,(H,13,16). The summed E-state index contributed by atoms with van der Waals surface area (Å²) >= 11 is 0. The molecule has 0 aliphatic heterocycles. The van der Waals surface area contributed by atoms with E-state index in [-0.39, 0.29) is 5.91 Å². The molecule has 5 nitrogen and oxygen atoms in total. The van der Waals surface area contributed by atoms with E-state index in [9.17, 15) is 4.79 Å². The van der Waals surface area contributed by atoms with Gasteiger partial charge in [0.05, 0.1) is 0 Å². The van der Waals surface area contributed by atoms with Crippen molar-refractivity contribution in [3.8, 4) is 0 Å². The highest BCUT2D eigenvalue weighted by atomic mass is 16.1. The number of nitrogens with two attached hydrogens (primary N) is 1. The van der Waals surface area contributed by atoms with Crippen LogP contribution in [0.15, 0.2) is 24.5 Å². The fourth-order valence-electron chi connectivity index (χ4n) is 1.54. The predicted octanol–water partition coefficient (Wildman–Crippen LogP) is 0.331. The van der Waals surface area contributed by atoms with Gasteiger partial charge in [-0.05, 0) is 18.6 Å². The van der Waals surface area contributed by atoms with Crippen molar-refractivity contribution in [3.05, 3.63) is 35.8 Å². The number of aryl methyl sites for hydroxylation is 1. The van der Waals surface area contributed by atoms with Gasteiger partial charge in [0.25, 0.3) is 5.91 Å². The van der Waals surface area contributed by atoms with Gasteiger partial charge in [0, 0.05) is 25.5 Å². The molecular weight excluding hydrogens is 204 g/mol. The maximum absolute atomic E-state index is 11.6. The number of carbonyl (C=O) groups excluding carboxylic acids is 1. The van der Waals surface area contributed by atoms with Crippen molar-refractivity contribution in [2.24, 2.45) is 5.73 Å². The maximum atomic E-state index is 11.6. The number of hydrogen-bond donors (Lipinski definition) is 2. The highest BCUT2D eigenvalue weighted by Gasteiger charge is 2.10. The summed E-state index contributed by atoms with van der Waals surface area (Å²) in [5.41, 5.74) is 7.58. The minimum absolute atomic E-state index is 0.187. The summed E-state index contributed by atoms with van der Waals surface area (Å²) in [6, 6.07) is 3.88. The van der Waals surface area contributed by atoms with Crippen molar-refractivity contribution in [1.82, 2.24) is 14.7 Å². The topological polar surface area (TPSA) is 72.4 Å². The molecule has 0 radical (unpaired) electrons. The SMILES string of the molecule is Cc1cccn2cc(C(=O)NCCN)nc12. The first-order valence-electron chi connectivity index (χ1n) is 5.15. The second kappa shape index (κ2) is 4.32. The molecule has 16 heavy (non-hydrogen) atoms. The van der Waals surface area contributed by atoms with E-state index in [0.717, 1.165) is 11.2 Å². The van der Waals surface area contributed by atoms with Gasteiger partial charge in [-0.15, -0.1) is 0 Å². The van der Waals surface area contributed by atoms with E-state index < -0.39 is 0 Å². The van der Waals surface area contributed by atoms with Gasteiger partial charge in [0.15, 0.2) is 0 Å². The molecule has 0 fully saturated rings. The third-order valence-corrected chi connectivity index (χ3v) is 2.34. The van der Waals surface area contributed by atoms with Crippen LogP contribution in [-0.2, 0) is 0 Å². The highest BCUT2D eigenvalue weighted by molar-refractivity contribution is 5.92. The van der Waals surface area contributed by atoms with Crippen molar-refractivity contribution >= 4 is 11.6 Å². The lowest BCUT2D eigenvalue weighted by Gasteiger charge is -1.98. The first-order chi connectivity index (χ1) is 7.72. The van der Waals surface area contributed by atoms with Gasteiger partial charge < -0.3 is 15.5 Å². The van der Waals surface area contributed by atoms with Crippen LogP contribution in [-0.4, -0.2) is 28.4 Å². The fourth-order valence-corrected chi connectivity index (χ4v) is 1.54. The number of nitrogens with one attached hydrogen (secondary N) is 1. The average molecular weight is 218 g/mol. The Morgan fingerprint density at radius 2 is 2.44 bits per heavy atom. The molecule has 0 unspecified atom stereocenters. The summed E-state index contributed by atoms with van der Waals surface area (Å²) in [5.74, 6) is -0.187. The lowest BCUT2D eigenvalue weighted by molar-refractivity contribution is 0.0950. The van der Waals surface area contributed by atoms with E-state index in [4.69, 9.17) is 5.73 Å². The van der Waals surface area contributed by atoms with E-state index in [0.29, 0.717) is 18.8 Å². The lowest BCUT2D eigenvalue weighted by atomic mass is 10.3. The zero-order chi connectivity index (χ0) is 11.5. The number of pyridine rings is 1. The van der Waals surface area contributed by atoms with Crippen LogP contribution < -0.4 is 11.1 Å². The Morgan fingerprint density at radius 1 is 1.62 bits per heavy atom. The Balaban J connectivity index is 2.32. The second-order valence-corrected chi connectivity index (χ2v) is 3.59. The Bertz CT molecular complexity index is 518. The van der Waals surface area contributed by atoms with E-state index in [1.807, 2.05) is 29.7 Å². The molecule has 3 N–H and O–H groups in total. The second-order valence-electron chi connectivity index (χ2n) is 3.59. The number of fused-ring (bicyclic) bond motifs is 1. The molecule has 2 heterocycles. The molecule has 1 amide bonds. The smallest absolute Gasteiger partial charge is 0.271 e. The molecule has 0 bridgehead atoms. The summed E-state index contributed by atoms with van der Waals surface area (Å²) in [5, 5.41) is 2.69. The Hall–Kier alpha value is -1.88. The van der Waals surface area contributed by atoms with Gasteiger partial charge in [0.2, 0.25) is 0 Å².